The van der Waals surface area contributed by atoms with Crippen LogP contribution in [0, 0.1) is 0 Å². The summed E-state index contributed by atoms with van der Waals surface area (Å²) in [5.41, 5.74) is 1.62. The van der Waals surface area contributed by atoms with Gasteiger partial charge in [0, 0.05) is 17.1 Å². The summed E-state index contributed by atoms with van der Waals surface area (Å²) in [6.07, 6.45) is 1.60. The van der Waals surface area contributed by atoms with Crippen molar-refractivity contribution in [2.75, 3.05) is 7.11 Å². The molecule has 8 heteroatoms. The number of ether oxygens (including phenoxy) is 1. The third-order valence-corrected chi connectivity index (χ3v) is 5.21. The maximum Gasteiger partial charge on any atom is 0.342 e. The summed E-state index contributed by atoms with van der Waals surface area (Å²) in [4.78, 5) is 11.9. The summed E-state index contributed by atoms with van der Waals surface area (Å²) in [6, 6.07) is 14.4. The Labute approximate surface area is 171 Å². The SMILES string of the molecule is CCn1c(S/C(=C\c2ccc(OC)cc2)C(=O)O)nnc1-c1ccc(Cl)cc1. The molecule has 0 unspecified atom stereocenters. The van der Waals surface area contributed by atoms with Gasteiger partial charge in [-0.25, -0.2) is 4.79 Å². The van der Waals surface area contributed by atoms with E-state index in [1.54, 1.807) is 49.6 Å². The molecule has 0 aliphatic carbocycles. The van der Waals surface area contributed by atoms with E-state index in [0.717, 1.165) is 22.9 Å². The average molecular weight is 416 g/mol. The van der Waals surface area contributed by atoms with Crippen LogP contribution in [0.25, 0.3) is 17.5 Å². The first-order chi connectivity index (χ1) is 13.5. The van der Waals surface area contributed by atoms with Gasteiger partial charge in [0.05, 0.1) is 7.11 Å². The highest BCUT2D eigenvalue weighted by Crippen LogP contribution is 2.31. The molecule has 3 rings (SSSR count). The smallest absolute Gasteiger partial charge is 0.342 e. The van der Waals surface area contributed by atoms with Gasteiger partial charge in [-0.3, -0.25) is 0 Å². The standard InChI is InChI=1S/C20H18ClN3O3S/c1-3-24-18(14-6-8-15(21)9-7-14)22-23-20(24)28-17(19(25)26)12-13-4-10-16(27-2)11-5-13/h4-12H,3H2,1-2H3,(H,25,26)/b17-12-. The van der Waals surface area contributed by atoms with Gasteiger partial charge >= 0.3 is 5.97 Å². The molecular weight excluding hydrogens is 398 g/mol. The van der Waals surface area contributed by atoms with E-state index >= 15 is 0 Å². The number of carboxylic acid groups (broad SMARTS) is 1. The number of nitrogens with zero attached hydrogens (tertiary/aromatic N) is 3. The molecule has 0 radical (unpaired) electrons. The number of aliphatic carboxylic acids is 1. The van der Waals surface area contributed by atoms with Gasteiger partial charge in [-0.2, -0.15) is 0 Å². The van der Waals surface area contributed by atoms with Crippen LogP contribution in [0.5, 0.6) is 5.75 Å². The molecule has 1 aromatic heterocycles. The summed E-state index contributed by atoms with van der Waals surface area (Å²) in [7, 11) is 1.58. The molecular formula is C20H18ClN3O3S. The lowest BCUT2D eigenvalue weighted by molar-refractivity contribution is -0.131. The molecule has 0 bridgehead atoms. The number of hydrogen-bond acceptors (Lipinski definition) is 5. The van der Waals surface area contributed by atoms with Crippen LogP contribution >= 0.6 is 23.4 Å². The lowest BCUT2D eigenvalue weighted by atomic mass is 10.2. The molecule has 0 spiro atoms. The van der Waals surface area contributed by atoms with Crippen LogP contribution < -0.4 is 4.74 Å². The van der Waals surface area contributed by atoms with Crippen molar-refractivity contribution in [2.24, 2.45) is 0 Å². The van der Waals surface area contributed by atoms with E-state index in [2.05, 4.69) is 10.2 Å². The summed E-state index contributed by atoms with van der Waals surface area (Å²) < 4.78 is 7.00. The molecule has 0 saturated heterocycles. The Morgan fingerprint density at radius 1 is 1.18 bits per heavy atom. The minimum absolute atomic E-state index is 0.148. The molecule has 0 aliphatic rings. The van der Waals surface area contributed by atoms with Crippen molar-refractivity contribution in [3.63, 3.8) is 0 Å². The molecule has 0 saturated carbocycles. The summed E-state index contributed by atoms with van der Waals surface area (Å²) in [5.74, 6) is 0.343. The number of methoxy groups -OCH3 is 1. The van der Waals surface area contributed by atoms with Crippen molar-refractivity contribution in [1.82, 2.24) is 14.8 Å². The zero-order chi connectivity index (χ0) is 20.1. The number of aromatic nitrogens is 3. The van der Waals surface area contributed by atoms with Gasteiger partial charge in [-0.1, -0.05) is 23.7 Å². The van der Waals surface area contributed by atoms with Gasteiger partial charge in [-0.15, -0.1) is 10.2 Å². The largest absolute Gasteiger partial charge is 0.497 e. The first kappa shape index (κ1) is 20.0. The fourth-order valence-electron chi connectivity index (χ4n) is 2.55. The molecule has 3 aromatic rings. The van der Waals surface area contributed by atoms with E-state index in [0.29, 0.717) is 28.3 Å². The number of hydrogen-bond donors (Lipinski definition) is 1. The van der Waals surface area contributed by atoms with E-state index in [-0.39, 0.29) is 4.91 Å². The maximum absolute atomic E-state index is 11.8. The predicted molar refractivity (Wildman–Crippen MR) is 111 cm³/mol. The lowest BCUT2D eigenvalue weighted by Gasteiger charge is -2.08. The summed E-state index contributed by atoms with van der Waals surface area (Å²) >= 11 is 7.02. The lowest BCUT2D eigenvalue weighted by Crippen LogP contribution is -2.02. The number of carbonyl (C=O) groups is 1. The second-order valence-electron chi connectivity index (χ2n) is 5.75. The normalized spacial score (nSPS) is 11.5. The van der Waals surface area contributed by atoms with Crippen molar-refractivity contribution < 1.29 is 14.6 Å². The first-order valence-corrected chi connectivity index (χ1v) is 9.67. The van der Waals surface area contributed by atoms with Gasteiger partial charge in [0.15, 0.2) is 11.0 Å². The van der Waals surface area contributed by atoms with Crippen molar-refractivity contribution in [3.8, 4) is 17.1 Å². The third kappa shape index (κ3) is 4.55. The highest BCUT2D eigenvalue weighted by atomic mass is 35.5. The maximum atomic E-state index is 11.8. The van der Waals surface area contributed by atoms with Crippen LogP contribution in [0.3, 0.4) is 0 Å². The fourth-order valence-corrected chi connectivity index (χ4v) is 3.56. The molecule has 144 valence electrons. The van der Waals surface area contributed by atoms with Crippen LogP contribution in [0.2, 0.25) is 5.02 Å². The Bertz CT molecular complexity index is 999. The molecule has 0 atom stereocenters. The number of rotatable bonds is 7. The van der Waals surface area contributed by atoms with E-state index in [4.69, 9.17) is 16.3 Å². The molecule has 0 fully saturated rings. The number of carboxylic acids is 1. The van der Waals surface area contributed by atoms with E-state index in [1.165, 1.54) is 0 Å². The molecule has 6 nitrogen and oxygen atoms in total. The van der Waals surface area contributed by atoms with E-state index in [1.807, 2.05) is 23.6 Å². The molecule has 1 heterocycles. The second kappa shape index (κ2) is 8.95. The van der Waals surface area contributed by atoms with Crippen LogP contribution in [0.4, 0.5) is 0 Å². The molecule has 2 aromatic carbocycles. The molecule has 0 aliphatic heterocycles. The molecule has 28 heavy (non-hydrogen) atoms. The van der Waals surface area contributed by atoms with Crippen LogP contribution in [-0.2, 0) is 11.3 Å². The Balaban J connectivity index is 1.92. The van der Waals surface area contributed by atoms with Gasteiger partial charge in [0.25, 0.3) is 0 Å². The minimum atomic E-state index is -1.03. The highest BCUT2D eigenvalue weighted by Gasteiger charge is 2.18. The van der Waals surface area contributed by atoms with Crippen molar-refractivity contribution in [3.05, 3.63) is 64.0 Å². The Morgan fingerprint density at radius 2 is 1.86 bits per heavy atom. The highest BCUT2D eigenvalue weighted by molar-refractivity contribution is 8.04. The van der Waals surface area contributed by atoms with Crippen LogP contribution in [0.1, 0.15) is 12.5 Å². The van der Waals surface area contributed by atoms with Crippen molar-refractivity contribution in [1.29, 1.82) is 0 Å². The molecule has 0 amide bonds. The van der Waals surface area contributed by atoms with Gasteiger partial charge < -0.3 is 14.4 Å². The van der Waals surface area contributed by atoms with Crippen LogP contribution in [-0.4, -0.2) is 33.0 Å². The van der Waals surface area contributed by atoms with Crippen molar-refractivity contribution >= 4 is 35.4 Å². The first-order valence-electron chi connectivity index (χ1n) is 8.48. The number of thioether (sulfide) groups is 1. The Hall–Kier alpha value is -2.77. The summed E-state index contributed by atoms with van der Waals surface area (Å²) in [5, 5.41) is 19.2. The predicted octanol–water partition coefficient (Wildman–Crippen LogP) is 4.84. The molecule has 1 N–H and O–H groups in total. The van der Waals surface area contributed by atoms with Gasteiger partial charge in [-0.05, 0) is 66.7 Å². The third-order valence-electron chi connectivity index (χ3n) is 3.96. The summed E-state index contributed by atoms with van der Waals surface area (Å²) in [6.45, 7) is 2.56. The Kier molecular flexibility index (Phi) is 6.38. The minimum Gasteiger partial charge on any atom is -0.497 e. The van der Waals surface area contributed by atoms with Crippen molar-refractivity contribution in [2.45, 2.75) is 18.6 Å². The van der Waals surface area contributed by atoms with Crippen LogP contribution in [0.15, 0.2) is 58.6 Å². The topological polar surface area (TPSA) is 77.2 Å². The quantitative estimate of drug-likeness (QED) is 0.439. The van der Waals surface area contributed by atoms with E-state index < -0.39 is 5.97 Å². The zero-order valence-electron chi connectivity index (χ0n) is 15.3. The zero-order valence-corrected chi connectivity index (χ0v) is 16.9. The average Bonchev–Trinajstić information content (AvgIpc) is 3.11. The monoisotopic (exact) mass is 415 g/mol. The second-order valence-corrected chi connectivity index (χ2v) is 7.19. The number of halogens is 1. The number of benzene rings is 2. The van der Waals surface area contributed by atoms with Gasteiger partial charge in [0.2, 0.25) is 0 Å². The fraction of sp³-hybridized carbons (Fsp3) is 0.150. The van der Waals surface area contributed by atoms with Gasteiger partial charge in [0.1, 0.15) is 10.7 Å². The Morgan fingerprint density at radius 3 is 2.43 bits per heavy atom. The van der Waals surface area contributed by atoms with E-state index in [9.17, 15) is 9.90 Å².